The van der Waals surface area contributed by atoms with Crippen molar-refractivity contribution in [3.63, 3.8) is 0 Å². The lowest BCUT2D eigenvalue weighted by Gasteiger charge is -2.72. The molecule has 0 unspecified atom stereocenters. The van der Waals surface area contributed by atoms with Crippen LogP contribution < -0.4 is 0 Å². The minimum Gasteiger partial charge on any atom is -0.394 e. The van der Waals surface area contributed by atoms with E-state index in [4.69, 9.17) is 14.2 Å². The zero-order valence-corrected chi connectivity index (χ0v) is 29.2. The quantitative estimate of drug-likeness (QED) is 0.219. The summed E-state index contributed by atoms with van der Waals surface area (Å²) in [6.45, 7) is 16.4. The summed E-state index contributed by atoms with van der Waals surface area (Å²) in [7, 11) is 0. The molecule has 46 heavy (non-hydrogen) atoms. The Morgan fingerprint density at radius 2 is 1.50 bits per heavy atom. The lowest BCUT2D eigenvalue weighted by molar-refractivity contribution is -0.347. The Hall–Kier alpha value is -0.400. The lowest BCUT2D eigenvalue weighted by Crippen LogP contribution is -2.71. The van der Waals surface area contributed by atoms with E-state index in [1.165, 1.54) is 0 Å². The zero-order valence-electron chi connectivity index (χ0n) is 29.2. The number of hydrogen-bond donors (Lipinski definition) is 7. The SMILES string of the molecule is CC(C)(O)[C@@H]1CC[C@@](C)([C@@H]2CC[C@]3(C)[C@H]2[C@H](O)C[C@@H]2[C@]4(C)CC[C@@H](O)C(C)(C)[C@H]4[C@@H](O[C@@H]4O[C@H](CO)[C@@H](O)[C@@H](O)[C@@H]4O)C[C@@]23C)O1. The van der Waals surface area contributed by atoms with Crippen molar-refractivity contribution in [3.8, 4) is 0 Å². The number of hydrogen-bond acceptors (Lipinski definition) is 10. The van der Waals surface area contributed by atoms with E-state index < -0.39 is 72.2 Å². The predicted molar refractivity (Wildman–Crippen MR) is 169 cm³/mol. The van der Waals surface area contributed by atoms with Crippen molar-refractivity contribution in [1.82, 2.24) is 0 Å². The largest absolute Gasteiger partial charge is 0.394 e. The molecule has 0 bridgehead atoms. The van der Waals surface area contributed by atoms with Gasteiger partial charge in [0.2, 0.25) is 0 Å². The van der Waals surface area contributed by atoms with E-state index in [-0.39, 0.29) is 46.0 Å². The van der Waals surface area contributed by atoms with Gasteiger partial charge in [0.25, 0.3) is 0 Å². The Kier molecular flexibility index (Phi) is 8.71. The van der Waals surface area contributed by atoms with Crippen LogP contribution in [0.4, 0.5) is 0 Å². The first-order chi connectivity index (χ1) is 21.2. The lowest BCUT2D eigenvalue weighted by atomic mass is 9.34. The minimum absolute atomic E-state index is 0.0189. The van der Waals surface area contributed by atoms with Crippen molar-refractivity contribution in [2.75, 3.05) is 6.61 Å². The second-order valence-corrected chi connectivity index (χ2v) is 18.4. The highest BCUT2D eigenvalue weighted by molar-refractivity contribution is 5.22. The molecular weight excluding hydrogens is 592 g/mol. The van der Waals surface area contributed by atoms with Gasteiger partial charge in [-0.25, -0.2) is 0 Å². The van der Waals surface area contributed by atoms with E-state index in [1.807, 2.05) is 0 Å². The Morgan fingerprint density at radius 3 is 2.11 bits per heavy atom. The van der Waals surface area contributed by atoms with Gasteiger partial charge >= 0.3 is 0 Å². The van der Waals surface area contributed by atoms with Gasteiger partial charge in [-0.1, -0.05) is 34.6 Å². The molecule has 0 aromatic carbocycles. The van der Waals surface area contributed by atoms with Gasteiger partial charge in [-0.15, -0.1) is 0 Å². The standard InChI is InChI=1S/C36H62O10/c1-31(2)23(39)10-12-33(5)22-15-19(38)25-18(36(8)14-11-24(46-36)32(3,4)43)9-13-34(25,6)35(22,7)16-20(29(31)33)44-30-28(42)27(41)26(40)21(17-37)45-30/h18-30,37-43H,9-17H2,1-8H3/t18-,19-,20+,21-,22-,23-,24+,25-,26-,27-,28+,29-,30-,33+,34-,35+,36+/m1/s1. The molecule has 4 saturated carbocycles. The van der Waals surface area contributed by atoms with Crippen molar-refractivity contribution < 1.29 is 50.0 Å². The summed E-state index contributed by atoms with van der Waals surface area (Å²) < 4.78 is 19.4. The van der Waals surface area contributed by atoms with Crippen LogP contribution in [0.25, 0.3) is 0 Å². The molecule has 6 rings (SSSR count). The van der Waals surface area contributed by atoms with Crippen LogP contribution >= 0.6 is 0 Å². The highest BCUT2D eigenvalue weighted by Gasteiger charge is 2.74. The molecule has 0 aromatic heterocycles. The third kappa shape index (κ3) is 4.94. The maximum absolute atomic E-state index is 12.2. The molecule has 10 nitrogen and oxygen atoms in total. The average molecular weight is 655 g/mol. The Labute approximate surface area is 274 Å². The summed E-state index contributed by atoms with van der Waals surface area (Å²) >= 11 is 0. The van der Waals surface area contributed by atoms with E-state index >= 15 is 0 Å². The summed E-state index contributed by atoms with van der Waals surface area (Å²) in [5, 5.41) is 76.4. The molecule has 6 aliphatic rings. The summed E-state index contributed by atoms with van der Waals surface area (Å²) in [6.07, 6.45) is -2.57. The first-order valence-corrected chi connectivity index (χ1v) is 17.9. The molecule has 0 spiro atoms. The Morgan fingerprint density at radius 1 is 0.826 bits per heavy atom. The molecular formula is C36H62O10. The van der Waals surface area contributed by atoms with Crippen LogP contribution in [0.2, 0.25) is 0 Å². The van der Waals surface area contributed by atoms with E-state index in [2.05, 4.69) is 41.5 Å². The maximum Gasteiger partial charge on any atom is 0.186 e. The van der Waals surface area contributed by atoms with E-state index in [1.54, 1.807) is 13.8 Å². The molecule has 2 saturated heterocycles. The molecule has 2 heterocycles. The van der Waals surface area contributed by atoms with Crippen LogP contribution in [0, 0.1) is 45.3 Å². The highest BCUT2D eigenvalue weighted by atomic mass is 16.7. The normalized spacial score (nSPS) is 57.1. The summed E-state index contributed by atoms with van der Waals surface area (Å²) in [6, 6.07) is 0. The molecule has 10 heteroatoms. The average Bonchev–Trinajstić information content (AvgIpc) is 3.55. The third-order valence-corrected chi connectivity index (χ3v) is 15.3. The number of fused-ring (bicyclic) bond motifs is 5. The van der Waals surface area contributed by atoms with Crippen molar-refractivity contribution >= 4 is 0 Å². The topological polar surface area (TPSA) is 169 Å². The van der Waals surface area contributed by atoms with Gasteiger partial charge < -0.3 is 50.0 Å². The number of aliphatic hydroxyl groups is 7. The molecule has 7 N–H and O–H groups in total. The second-order valence-electron chi connectivity index (χ2n) is 18.4. The fraction of sp³-hybridized carbons (Fsp3) is 1.00. The van der Waals surface area contributed by atoms with Gasteiger partial charge in [0.15, 0.2) is 6.29 Å². The predicted octanol–water partition coefficient (Wildman–Crippen LogP) is 2.51. The van der Waals surface area contributed by atoms with Gasteiger partial charge in [0, 0.05) is 0 Å². The van der Waals surface area contributed by atoms with Gasteiger partial charge in [0.1, 0.15) is 24.4 Å². The molecule has 0 amide bonds. The van der Waals surface area contributed by atoms with E-state index in [0.29, 0.717) is 19.3 Å². The minimum atomic E-state index is -1.54. The monoisotopic (exact) mass is 654 g/mol. The van der Waals surface area contributed by atoms with Gasteiger partial charge in [0.05, 0.1) is 42.2 Å². The summed E-state index contributed by atoms with van der Waals surface area (Å²) in [5.41, 5.74) is -2.83. The fourth-order valence-electron chi connectivity index (χ4n) is 12.7. The molecule has 266 valence electrons. The van der Waals surface area contributed by atoms with Crippen LogP contribution in [0.3, 0.4) is 0 Å². The van der Waals surface area contributed by atoms with Gasteiger partial charge in [-0.3, -0.25) is 0 Å². The van der Waals surface area contributed by atoms with Crippen molar-refractivity contribution in [2.45, 2.75) is 173 Å². The van der Waals surface area contributed by atoms with Crippen molar-refractivity contribution in [1.29, 1.82) is 0 Å². The number of rotatable bonds is 5. The molecule has 0 radical (unpaired) electrons. The highest BCUT2D eigenvalue weighted by Crippen LogP contribution is 2.76. The van der Waals surface area contributed by atoms with Crippen molar-refractivity contribution in [3.05, 3.63) is 0 Å². The van der Waals surface area contributed by atoms with Crippen LogP contribution in [-0.4, -0.2) is 109 Å². The van der Waals surface area contributed by atoms with E-state index in [9.17, 15) is 35.7 Å². The van der Waals surface area contributed by atoms with E-state index in [0.717, 1.165) is 32.1 Å². The van der Waals surface area contributed by atoms with Crippen LogP contribution in [-0.2, 0) is 14.2 Å². The van der Waals surface area contributed by atoms with Crippen molar-refractivity contribution in [2.24, 2.45) is 45.3 Å². The maximum atomic E-state index is 12.2. The fourth-order valence-corrected chi connectivity index (χ4v) is 12.7. The molecule has 4 aliphatic carbocycles. The third-order valence-electron chi connectivity index (χ3n) is 15.3. The van der Waals surface area contributed by atoms with Crippen LogP contribution in [0.5, 0.6) is 0 Å². The first-order valence-electron chi connectivity index (χ1n) is 17.9. The van der Waals surface area contributed by atoms with Gasteiger partial charge in [-0.2, -0.15) is 0 Å². The summed E-state index contributed by atoms with van der Waals surface area (Å²) in [4.78, 5) is 0. The second kappa shape index (κ2) is 11.3. The van der Waals surface area contributed by atoms with Gasteiger partial charge in [-0.05, 0) is 117 Å². The number of aliphatic hydroxyl groups excluding tert-OH is 6. The molecule has 2 aliphatic heterocycles. The van der Waals surface area contributed by atoms with Crippen LogP contribution in [0.15, 0.2) is 0 Å². The molecule has 0 aromatic rings. The van der Waals surface area contributed by atoms with Crippen LogP contribution in [0.1, 0.15) is 107 Å². The summed E-state index contributed by atoms with van der Waals surface area (Å²) in [5.74, 6) is 0.0944. The number of ether oxygens (including phenoxy) is 3. The zero-order chi connectivity index (χ0) is 34.0. The Balaban J connectivity index is 1.38. The Bertz CT molecular complexity index is 1140. The molecule has 17 atom stereocenters. The first kappa shape index (κ1) is 35.4. The molecule has 6 fully saturated rings. The smallest absolute Gasteiger partial charge is 0.186 e.